The summed E-state index contributed by atoms with van der Waals surface area (Å²) in [5, 5.41) is 10.6. The zero-order chi connectivity index (χ0) is 13.5. The van der Waals surface area contributed by atoms with Crippen LogP contribution in [0.4, 0.5) is 0 Å². The first-order valence-electron chi connectivity index (χ1n) is 7.39. The van der Waals surface area contributed by atoms with Gasteiger partial charge in [-0.25, -0.2) is 0 Å². The molecule has 0 radical (unpaired) electrons. The van der Waals surface area contributed by atoms with Crippen LogP contribution in [0.15, 0.2) is 48.5 Å². The van der Waals surface area contributed by atoms with Crippen molar-refractivity contribution in [2.75, 3.05) is 6.54 Å². The van der Waals surface area contributed by atoms with Gasteiger partial charge in [0.05, 0.1) is 6.10 Å². The van der Waals surface area contributed by atoms with Crippen LogP contribution in [0.2, 0.25) is 0 Å². The zero-order valence-corrected chi connectivity index (χ0v) is 11.5. The van der Waals surface area contributed by atoms with E-state index in [0.29, 0.717) is 0 Å². The molecular weight excluding hydrogens is 246 g/mol. The summed E-state index contributed by atoms with van der Waals surface area (Å²) in [7, 11) is 0. The molecule has 1 aliphatic heterocycles. The second kappa shape index (κ2) is 4.72. The Morgan fingerprint density at radius 1 is 0.900 bits per heavy atom. The van der Waals surface area contributed by atoms with E-state index in [9.17, 15) is 5.11 Å². The molecular formula is C18H19NO. The number of hydrogen-bond donors (Lipinski definition) is 1. The van der Waals surface area contributed by atoms with Gasteiger partial charge in [-0.3, -0.25) is 4.90 Å². The van der Waals surface area contributed by atoms with Crippen LogP contribution in [-0.4, -0.2) is 22.6 Å². The van der Waals surface area contributed by atoms with Crippen molar-refractivity contribution >= 4 is 0 Å². The molecule has 0 aromatic heterocycles. The van der Waals surface area contributed by atoms with Crippen molar-refractivity contribution in [3.63, 3.8) is 0 Å². The Labute approximate surface area is 119 Å². The van der Waals surface area contributed by atoms with Crippen LogP contribution in [0.5, 0.6) is 0 Å². The van der Waals surface area contributed by atoms with Gasteiger partial charge in [0.15, 0.2) is 0 Å². The Bertz CT molecular complexity index is 637. The van der Waals surface area contributed by atoms with Gasteiger partial charge in [0.1, 0.15) is 0 Å². The Hall–Kier alpha value is -1.64. The highest BCUT2D eigenvalue weighted by Gasteiger charge is 2.35. The van der Waals surface area contributed by atoms with E-state index in [0.717, 1.165) is 31.5 Å². The third-order valence-electron chi connectivity index (χ3n) is 4.80. The van der Waals surface area contributed by atoms with E-state index in [1.54, 1.807) is 0 Å². The van der Waals surface area contributed by atoms with Gasteiger partial charge in [0, 0.05) is 19.1 Å². The lowest BCUT2D eigenvalue weighted by Crippen LogP contribution is -2.41. The average Bonchev–Trinajstić information content (AvgIpc) is 2.84. The zero-order valence-electron chi connectivity index (χ0n) is 11.5. The van der Waals surface area contributed by atoms with Crippen LogP contribution in [0.1, 0.15) is 28.4 Å². The molecule has 4 rings (SSSR count). The Balaban J connectivity index is 1.59. The maximum atomic E-state index is 10.6. The molecule has 2 aromatic carbocycles. The first-order chi connectivity index (χ1) is 9.83. The maximum Gasteiger partial charge on any atom is 0.0951 e. The molecule has 1 aliphatic carbocycles. The summed E-state index contributed by atoms with van der Waals surface area (Å²) in [6, 6.07) is 17.2. The Morgan fingerprint density at radius 2 is 1.60 bits per heavy atom. The topological polar surface area (TPSA) is 23.5 Å². The maximum absolute atomic E-state index is 10.6. The molecule has 2 atom stereocenters. The van der Waals surface area contributed by atoms with E-state index < -0.39 is 0 Å². The quantitative estimate of drug-likeness (QED) is 0.857. The minimum Gasteiger partial charge on any atom is -0.387 e. The van der Waals surface area contributed by atoms with Crippen LogP contribution in [0.3, 0.4) is 0 Å². The van der Waals surface area contributed by atoms with Crippen LogP contribution in [0.25, 0.3) is 0 Å². The van der Waals surface area contributed by atoms with E-state index in [1.807, 2.05) is 6.07 Å². The predicted molar refractivity (Wildman–Crippen MR) is 79.4 cm³/mol. The summed E-state index contributed by atoms with van der Waals surface area (Å²) in [5.74, 6) is 0. The number of fused-ring (bicyclic) bond motifs is 2. The average molecular weight is 265 g/mol. The number of hydrogen-bond acceptors (Lipinski definition) is 2. The second-order valence-corrected chi connectivity index (χ2v) is 5.90. The first-order valence-corrected chi connectivity index (χ1v) is 7.39. The molecule has 0 saturated carbocycles. The van der Waals surface area contributed by atoms with Crippen molar-refractivity contribution < 1.29 is 5.11 Å². The molecule has 0 spiro atoms. The third kappa shape index (κ3) is 1.88. The van der Waals surface area contributed by atoms with Gasteiger partial charge in [0.25, 0.3) is 0 Å². The number of nitrogens with zero attached hydrogens (tertiary/aromatic N) is 1. The summed E-state index contributed by atoms with van der Waals surface area (Å²) in [5.41, 5.74) is 5.32. The minimum atomic E-state index is -0.337. The molecule has 0 fully saturated rings. The van der Waals surface area contributed by atoms with Crippen molar-refractivity contribution in [1.82, 2.24) is 4.90 Å². The van der Waals surface area contributed by atoms with Gasteiger partial charge in [-0.05, 0) is 35.1 Å². The highest BCUT2D eigenvalue weighted by molar-refractivity contribution is 5.37. The van der Waals surface area contributed by atoms with Gasteiger partial charge in [0.2, 0.25) is 0 Å². The van der Waals surface area contributed by atoms with Gasteiger partial charge < -0.3 is 5.11 Å². The standard InChI is InChI=1S/C18H19NO/c20-18-16-8-4-3-6-14(16)11-17(18)19-10-9-13-5-1-2-7-15(13)12-19/h1-8,17-18,20H,9-12H2. The summed E-state index contributed by atoms with van der Waals surface area (Å²) in [4.78, 5) is 2.45. The Kier molecular flexibility index (Phi) is 2.86. The number of aliphatic hydroxyl groups is 1. The smallest absolute Gasteiger partial charge is 0.0951 e. The minimum absolute atomic E-state index is 0.237. The fourth-order valence-corrected chi connectivity index (χ4v) is 3.68. The van der Waals surface area contributed by atoms with Crippen molar-refractivity contribution in [2.45, 2.75) is 31.5 Å². The molecule has 1 heterocycles. The molecule has 20 heavy (non-hydrogen) atoms. The fourth-order valence-electron chi connectivity index (χ4n) is 3.68. The molecule has 1 N–H and O–H groups in total. The number of rotatable bonds is 1. The summed E-state index contributed by atoms with van der Waals surface area (Å²) >= 11 is 0. The number of aliphatic hydroxyl groups excluding tert-OH is 1. The predicted octanol–water partition coefficient (Wildman–Crippen LogP) is 2.70. The molecule has 0 amide bonds. The van der Waals surface area contributed by atoms with Crippen LogP contribution >= 0.6 is 0 Å². The van der Waals surface area contributed by atoms with E-state index in [-0.39, 0.29) is 12.1 Å². The molecule has 2 nitrogen and oxygen atoms in total. The number of benzene rings is 2. The lowest BCUT2D eigenvalue weighted by Gasteiger charge is -2.35. The molecule has 2 unspecified atom stereocenters. The van der Waals surface area contributed by atoms with Crippen molar-refractivity contribution in [1.29, 1.82) is 0 Å². The lowest BCUT2D eigenvalue weighted by atomic mass is 9.97. The third-order valence-corrected chi connectivity index (χ3v) is 4.80. The highest BCUT2D eigenvalue weighted by Crippen LogP contribution is 2.36. The first kappa shape index (κ1) is 12.1. The van der Waals surface area contributed by atoms with Gasteiger partial charge in [-0.2, -0.15) is 0 Å². The molecule has 2 aliphatic rings. The van der Waals surface area contributed by atoms with Crippen LogP contribution < -0.4 is 0 Å². The van der Waals surface area contributed by atoms with Gasteiger partial charge >= 0.3 is 0 Å². The van der Waals surface area contributed by atoms with E-state index in [4.69, 9.17) is 0 Å². The molecule has 102 valence electrons. The lowest BCUT2D eigenvalue weighted by molar-refractivity contribution is 0.0526. The Morgan fingerprint density at radius 3 is 2.40 bits per heavy atom. The molecule has 2 aromatic rings. The van der Waals surface area contributed by atoms with Crippen molar-refractivity contribution in [3.05, 3.63) is 70.8 Å². The van der Waals surface area contributed by atoms with Crippen molar-refractivity contribution in [2.24, 2.45) is 0 Å². The normalized spacial score (nSPS) is 25.2. The van der Waals surface area contributed by atoms with Gasteiger partial charge in [-0.15, -0.1) is 0 Å². The monoisotopic (exact) mass is 265 g/mol. The van der Waals surface area contributed by atoms with Gasteiger partial charge in [-0.1, -0.05) is 48.5 Å². The second-order valence-electron chi connectivity index (χ2n) is 5.90. The molecule has 0 saturated heterocycles. The summed E-state index contributed by atoms with van der Waals surface area (Å²) in [6.07, 6.45) is 1.73. The fraction of sp³-hybridized carbons (Fsp3) is 0.333. The summed E-state index contributed by atoms with van der Waals surface area (Å²) in [6.45, 7) is 2.01. The van der Waals surface area contributed by atoms with Crippen LogP contribution in [-0.2, 0) is 19.4 Å². The van der Waals surface area contributed by atoms with Crippen LogP contribution in [0, 0.1) is 0 Å². The molecule has 0 bridgehead atoms. The van der Waals surface area contributed by atoms with E-state index in [1.165, 1.54) is 16.7 Å². The SMILES string of the molecule is OC1c2ccccc2CC1N1CCc2ccccc2C1. The van der Waals surface area contributed by atoms with E-state index >= 15 is 0 Å². The largest absolute Gasteiger partial charge is 0.387 e. The highest BCUT2D eigenvalue weighted by atomic mass is 16.3. The molecule has 2 heteroatoms. The van der Waals surface area contributed by atoms with E-state index in [2.05, 4.69) is 47.4 Å². The summed E-state index contributed by atoms with van der Waals surface area (Å²) < 4.78 is 0. The van der Waals surface area contributed by atoms with Crippen molar-refractivity contribution in [3.8, 4) is 0 Å².